The Morgan fingerprint density at radius 1 is 1.10 bits per heavy atom. The van der Waals surface area contributed by atoms with Crippen LogP contribution in [0.5, 0.6) is 0 Å². The van der Waals surface area contributed by atoms with Crippen LogP contribution in [0.3, 0.4) is 0 Å². The van der Waals surface area contributed by atoms with E-state index in [4.69, 9.17) is 0 Å². The molecule has 0 radical (unpaired) electrons. The Labute approximate surface area is 182 Å². The van der Waals surface area contributed by atoms with Gasteiger partial charge in [-0.2, -0.15) is 5.26 Å². The van der Waals surface area contributed by atoms with Crippen molar-refractivity contribution >= 4 is 27.4 Å². The Morgan fingerprint density at radius 3 is 2.45 bits per heavy atom. The summed E-state index contributed by atoms with van der Waals surface area (Å²) in [6.07, 6.45) is 2.41. The summed E-state index contributed by atoms with van der Waals surface area (Å²) in [7, 11) is -3.34. The number of pyridine rings is 1. The minimum Gasteiger partial charge on any atom is -0.353 e. The summed E-state index contributed by atoms with van der Waals surface area (Å²) in [5.74, 6) is 0.835. The molecule has 2 saturated heterocycles. The van der Waals surface area contributed by atoms with E-state index in [9.17, 15) is 18.5 Å². The number of aryl methyl sites for hydroxylation is 2. The second-order valence-corrected chi connectivity index (χ2v) is 10.0. The van der Waals surface area contributed by atoms with Gasteiger partial charge >= 0.3 is 0 Å². The number of carbonyl (C=O) groups excluding carboxylic acids is 1. The first-order valence-corrected chi connectivity index (χ1v) is 11.9. The number of carbonyl (C=O) groups is 1. The van der Waals surface area contributed by atoms with Gasteiger partial charge in [0.2, 0.25) is 10.0 Å². The van der Waals surface area contributed by atoms with E-state index in [2.05, 4.69) is 22.0 Å². The van der Waals surface area contributed by atoms with Gasteiger partial charge < -0.3 is 9.80 Å². The first-order chi connectivity index (χ1) is 14.8. The number of nitrogens with zero attached hydrogens (tertiary/aromatic N) is 5. The van der Waals surface area contributed by atoms with Gasteiger partial charge in [0.15, 0.2) is 0 Å². The number of piperazine rings is 1. The average Bonchev–Trinajstić information content (AvgIpc) is 3.12. The Balaban J connectivity index is 1.49. The Hall–Kier alpha value is -3.12. The molecule has 1 aromatic carbocycles. The number of aromatic nitrogens is 1. The summed E-state index contributed by atoms with van der Waals surface area (Å²) in [6.45, 7) is 6.83. The van der Waals surface area contributed by atoms with Gasteiger partial charge in [0.1, 0.15) is 11.9 Å². The van der Waals surface area contributed by atoms with Gasteiger partial charge in [-0.25, -0.2) is 13.4 Å². The molecule has 31 heavy (non-hydrogen) atoms. The number of hydrogen-bond acceptors (Lipinski definition) is 6. The van der Waals surface area contributed by atoms with Crippen LogP contribution in [0.2, 0.25) is 0 Å². The van der Waals surface area contributed by atoms with Gasteiger partial charge in [-0.1, -0.05) is 6.07 Å². The number of nitriles is 1. The number of rotatable bonds is 3. The van der Waals surface area contributed by atoms with Crippen molar-refractivity contribution < 1.29 is 13.2 Å². The third kappa shape index (κ3) is 4.08. The van der Waals surface area contributed by atoms with Crippen LogP contribution in [0.4, 0.5) is 11.5 Å². The van der Waals surface area contributed by atoms with Crippen molar-refractivity contribution in [2.45, 2.75) is 20.3 Å². The van der Waals surface area contributed by atoms with Crippen molar-refractivity contribution in [3.63, 3.8) is 0 Å². The molecule has 0 spiro atoms. The maximum atomic E-state index is 13.1. The van der Waals surface area contributed by atoms with Gasteiger partial charge in [-0.3, -0.25) is 9.10 Å². The zero-order valence-electron chi connectivity index (χ0n) is 17.7. The molecule has 2 aliphatic rings. The molecular formula is C22H25N5O3S. The smallest absolute Gasteiger partial charge is 0.255 e. The fraction of sp³-hybridized carbons (Fsp3) is 0.409. The lowest BCUT2D eigenvalue weighted by molar-refractivity contribution is 0.0746. The molecule has 0 saturated carbocycles. The highest BCUT2D eigenvalue weighted by Crippen LogP contribution is 2.27. The van der Waals surface area contributed by atoms with E-state index in [1.165, 1.54) is 10.4 Å². The van der Waals surface area contributed by atoms with Crippen LogP contribution in [-0.4, -0.2) is 62.7 Å². The van der Waals surface area contributed by atoms with Gasteiger partial charge in [-0.15, -0.1) is 0 Å². The summed E-state index contributed by atoms with van der Waals surface area (Å²) >= 11 is 0. The monoisotopic (exact) mass is 439 g/mol. The molecule has 4 rings (SSSR count). The van der Waals surface area contributed by atoms with E-state index in [0.717, 1.165) is 16.9 Å². The van der Waals surface area contributed by atoms with Gasteiger partial charge in [0.05, 0.1) is 22.6 Å². The molecule has 0 atom stereocenters. The first kappa shape index (κ1) is 21.1. The van der Waals surface area contributed by atoms with E-state index < -0.39 is 10.0 Å². The lowest BCUT2D eigenvalue weighted by atomic mass is 10.1. The molecule has 162 valence electrons. The predicted octanol–water partition coefficient (Wildman–Crippen LogP) is 2.07. The Bertz CT molecular complexity index is 1160. The third-order valence-corrected chi connectivity index (χ3v) is 7.66. The van der Waals surface area contributed by atoms with Crippen LogP contribution in [0.1, 0.15) is 33.5 Å². The number of amides is 1. The SMILES string of the molecule is Cc1cnc(N2CCN(C(=O)c3ccc(N4CCCS4(=O)=O)cc3C#N)CC2)c(C)c1. The molecule has 9 heteroatoms. The summed E-state index contributed by atoms with van der Waals surface area (Å²) in [4.78, 5) is 21.6. The summed E-state index contributed by atoms with van der Waals surface area (Å²) in [6, 6.07) is 8.86. The van der Waals surface area contributed by atoms with Crippen LogP contribution >= 0.6 is 0 Å². The quantitative estimate of drug-likeness (QED) is 0.726. The normalized spacial score (nSPS) is 18.2. The van der Waals surface area contributed by atoms with Crippen LogP contribution in [0, 0.1) is 25.2 Å². The van der Waals surface area contributed by atoms with E-state index in [0.29, 0.717) is 50.4 Å². The second-order valence-electron chi connectivity index (χ2n) is 8.02. The van der Waals surface area contributed by atoms with Crippen molar-refractivity contribution in [2.75, 3.05) is 47.7 Å². The highest BCUT2D eigenvalue weighted by atomic mass is 32.2. The zero-order valence-corrected chi connectivity index (χ0v) is 18.5. The maximum Gasteiger partial charge on any atom is 0.255 e. The topological polar surface area (TPSA) is 97.6 Å². The van der Waals surface area contributed by atoms with Crippen molar-refractivity contribution in [2.24, 2.45) is 0 Å². The molecule has 8 nitrogen and oxygen atoms in total. The van der Waals surface area contributed by atoms with Crippen LogP contribution in [0.25, 0.3) is 0 Å². The first-order valence-electron chi connectivity index (χ1n) is 10.3. The van der Waals surface area contributed by atoms with Crippen molar-refractivity contribution in [3.8, 4) is 6.07 Å². The fourth-order valence-corrected chi connectivity index (χ4v) is 5.78. The molecule has 0 aliphatic carbocycles. The second kappa shape index (κ2) is 8.19. The van der Waals surface area contributed by atoms with Crippen molar-refractivity contribution in [1.82, 2.24) is 9.88 Å². The molecule has 0 bridgehead atoms. The highest BCUT2D eigenvalue weighted by Gasteiger charge is 2.30. The standard InChI is InChI=1S/C22H25N5O3S/c1-16-12-17(2)21(24-15-16)25-7-9-26(10-8-25)22(28)20-5-4-19(13-18(20)14-23)27-6-3-11-31(27,29)30/h4-5,12-13,15H,3,6-11H2,1-2H3. The van der Waals surface area contributed by atoms with E-state index in [1.54, 1.807) is 17.0 Å². The molecule has 0 unspecified atom stereocenters. The Morgan fingerprint density at radius 2 is 1.84 bits per heavy atom. The fourth-order valence-electron chi connectivity index (χ4n) is 4.23. The number of anilines is 2. The predicted molar refractivity (Wildman–Crippen MR) is 119 cm³/mol. The molecule has 0 N–H and O–H groups in total. The number of hydrogen-bond donors (Lipinski definition) is 0. The summed E-state index contributed by atoms with van der Waals surface area (Å²) < 4.78 is 25.7. The van der Waals surface area contributed by atoms with Gasteiger partial charge in [0.25, 0.3) is 5.91 Å². The number of sulfonamides is 1. The lowest BCUT2D eigenvalue weighted by Gasteiger charge is -2.36. The van der Waals surface area contributed by atoms with Crippen LogP contribution in [0.15, 0.2) is 30.5 Å². The van der Waals surface area contributed by atoms with Crippen LogP contribution < -0.4 is 9.21 Å². The highest BCUT2D eigenvalue weighted by molar-refractivity contribution is 7.93. The van der Waals surface area contributed by atoms with E-state index >= 15 is 0 Å². The van der Waals surface area contributed by atoms with Crippen molar-refractivity contribution in [3.05, 3.63) is 52.7 Å². The molecule has 2 aromatic rings. The van der Waals surface area contributed by atoms with Gasteiger partial charge in [0, 0.05) is 38.9 Å². The summed E-state index contributed by atoms with van der Waals surface area (Å²) in [5.41, 5.74) is 3.17. The van der Waals surface area contributed by atoms with E-state index in [1.807, 2.05) is 20.0 Å². The molecule has 1 amide bonds. The molecular weight excluding hydrogens is 414 g/mol. The summed E-state index contributed by atoms with van der Waals surface area (Å²) in [5, 5.41) is 9.60. The molecule has 2 aliphatic heterocycles. The minimum atomic E-state index is -3.34. The van der Waals surface area contributed by atoms with E-state index in [-0.39, 0.29) is 17.2 Å². The largest absolute Gasteiger partial charge is 0.353 e. The third-order valence-electron chi connectivity index (χ3n) is 5.80. The minimum absolute atomic E-state index is 0.106. The molecule has 3 heterocycles. The zero-order chi connectivity index (χ0) is 22.2. The van der Waals surface area contributed by atoms with Crippen molar-refractivity contribution in [1.29, 1.82) is 5.26 Å². The number of benzene rings is 1. The average molecular weight is 440 g/mol. The van der Waals surface area contributed by atoms with Gasteiger partial charge in [-0.05, 0) is 49.6 Å². The maximum absolute atomic E-state index is 13.1. The molecule has 2 fully saturated rings. The Kier molecular flexibility index (Phi) is 5.58. The lowest BCUT2D eigenvalue weighted by Crippen LogP contribution is -2.49. The van der Waals surface area contributed by atoms with Crippen LogP contribution in [-0.2, 0) is 10.0 Å². The molecule has 1 aromatic heterocycles.